The van der Waals surface area contributed by atoms with Gasteiger partial charge in [0.25, 0.3) is 0 Å². The average molecular weight is 516 g/mol. The number of rotatable bonds is 10. The van der Waals surface area contributed by atoms with Gasteiger partial charge in [0.2, 0.25) is 0 Å². The van der Waals surface area contributed by atoms with E-state index in [2.05, 4.69) is 154 Å². The van der Waals surface area contributed by atoms with Crippen molar-refractivity contribution in [3.63, 3.8) is 0 Å². The summed E-state index contributed by atoms with van der Waals surface area (Å²) in [6.45, 7) is 12.3. The second-order valence-corrected chi connectivity index (χ2v) is 10.1. The molecule has 1 heterocycles. The van der Waals surface area contributed by atoms with Crippen LogP contribution in [0.5, 0.6) is 0 Å². The second-order valence-electron chi connectivity index (χ2n) is 10.1. The molecule has 1 heteroatoms. The molecule has 1 aliphatic carbocycles. The van der Waals surface area contributed by atoms with E-state index in [1.165, 1.54) is 16.8 Å². The molecule has 39 heavy (non-hydrogen) atoms. The van der Waals surface area contributed by atoms with Gasteiger partial charge in [0.1, 0.15) is 0 Å². The van der Waals surface area contributed by atoms with Crippen molar-refractivity contribution in [1.29, 1.82) is 0 Å². The first-order chi connectivity index (χ1) is 19.1. The van der Waals surface area contributed by atoms with Crippen molar-refractivity contribution in [3.8, 4) is 0 Å². The van der Waals surface area contributed by atoms with E-state index < -0.39 is 0 Å². The van der Waals surface area contributed by atoms with Crippen LogP contribution < -0.4 is 0 Å². The van der Waals surface area contributed by atoms with Crippen LogP contribution in [0.15, 0.2) is 158 Å². The number of nitrogens with zero attached hydrogens (tertiary/aromatic N) is 1. The first-order valence-electron chi connectivity index (χ1n) is 14.3. The Morgan fingerprint density at radius 1 is 1.00 bits per heavy atom. The molecule has 3 rings (SSSR count). The van der Waals surface area contributed by atoms with Crippen LogP contribution in [0.2, 0.25) is 0 Å². The van der Waals surface area contributed by atoms with Crippen molar-refractivity contribution < 1.29 is 0 Å². The van der Waals surface area contributed by atoms with Crippen molar-refractivity contribution >= 4 is 0 Å². The maximum atomic E-state index is 4.27. The molecule has 1 nitrogen and oxygen atoms in total. The minimum atomic E-state index is 0.270. The SMILES string of the molecule is C=C/C=C\CCc1ccc(C(/C=C\CC2/C=C\C(C)C(=C)/C=C\C=C/N(C3=CC=CCC3)/C=C/2)/C=C/C)cc1. The highest BCUT2D eigenvalue weighted by atomic mass is 15.1. The molecule has 1 aliphatic heterocycles. The van der Waals surface area contributed by atoms with Crippen LogP contribution in [-0.4, -0.2) is 4.90 Å². The van der Waals surface area contributed by atoms with Gasteiger partial charge in [0.15, 0.2) is 0 Å². The summed E-state index contributed by atoms with van der Waals surface area (Å²) >= 11 is 0. The van der Waals surface area contributed by atoms with Gasteiger partial charge in [-0.1, -0.05) is 129 Å². The highest BCUT2D eigenvalue weighted by molar-refractivity contribution is 5.32. The zero-order valence-electron chi connectivity index (χ0n) is 23.8. The zero-order chi connectivity index (χ0) is 27.7. The monoisotopic (exact) mass is 515 g/mol. The van der Waals surface area contributed by atoms with E-state index in [4.69, 9.17) is 0 Å². The van der Waals surface area contributed by atoms with Crippen molar-refractivity contribution in [2.75, 3.05) is 0 Å². The third-order valence-electron chi connectivity index (χ3n) is 7.11. The van der Waals surface area contributed by atoms with Crippen molar-refractivity contribution in [1.82, 2.24) is 4.90 Å². The van der Waals surface area contributed by atoms with Crippen LogP contribution in [0.3, 0.4) is 0 Å². The highest BCUT2D eigenvalue weighted by Crippen LogP contribution is 2.24. The minimum absolute atomic E-state index is 0.270. The third kappa shape index (κ3) is 10.4. The van der Waals surface area contributed by atoms with E-state index in [9.17, 15) is 0 Å². The third-order valence-corrected chi connectivity index (χ3v) is 7.11. The first kappa shape index (κ1) is 29.7. The standard InChI is InChI=1S/C38H45N/c1-5-7-8-10-18-34-25-27-37(28-26-34)36(16-6-2)20-15-19-35-24-23-33(4)32(3)17-13-14-30-39(31-29-35)38-21-11-9-12-22-38/h5-9,11,13-17,20-21,23-31,33,35-36H,1,3,10,12,18-19,22H2,2,4H3/b8-7-,16-6+,17-13-,20-15-,24-23-,30-14-,31-29+. The summed E-state index contributed by atoms with van der Waals surface area (Å²) in [7, 11) is 0. The summed E-state index contributed by atoms with van der Waals surface area (Å²) in [6, 6.07) is 9.07. The van der Waals surface area contributed by atoms with E-state index >= 15 is 0 Å². The molecule has 0 bridgehead atoms. The molecule has 1 aromatic rings. The topological polar surface area (TPSA) is 3.24 Å². The summed E-state index contributed by atoms with van der Waals surface area (Å²) in [5.74, 6) is 0.872. The Bertz CT molecular complexity index is 1190. The van der Waals surface area contributed by atoms with Gasteiger partial charge in [-0.25, -0.2) is 0 Å². The Kier molecular flexibility index (Phi) is 12.9. The summed E-state index contributed by atoms with van der Waals surface area (Å²) in [5, 5.41) is 0. The Balaban J connectivity index is 1.75. The lowest BCUT2D eigenvalue weighted by Gasteiger charge is -2.22. The molecule has 3 unspecified atom stereocenters. The summed E-state index contributed by atoms with van der Waals surface area (Å²) in [4.78, 5) is 2.25. The fourth-order valence-electron chi connectivity index (χ4n) is 4.60. The fraction of sp³-hybridized carbons (Fsp3) is 0.263. The predicted molar refractivity (Wildman–Crippen MR) is 172 cm³/mol. The van der Waals surface area contributed by atoms with Gasteiger partial charge >= 0.3 is 0 Å². The lowest BCUT2D eigenvalue weighted by molar-refractivity contribution is 0.580. The van der Waals surface area contributed by atoms with Gasteiger partial charge in [-0.2, -0.15) is 0 Å². The van der Waals surface area contributed by atoms with E-state index in [0.29, 0.717) is 11.8 Å². The van der Waals surface area contributed by atoms with Gasteiger partial charge in [0, 0.05) is 24.0 Å². The Morgan fingerprint density at radius 2 is 1.85 bits per heavy atom. The fourth-order valence-corrected chi connectivity index (χ4v) is 4.60. The average Bonchev–Trinajstić information content (AvgIpc) is 2.96. The molecular formula is C38H45N. The van der Waals surface area contributed by atoms with E-state index in [0.717, 1.165) is 37.7 Å². The molecule has 2 aliphatic rings. The molecule has 1 aromatic carbocycles. The smallest absolute Gasteiger partial charge is 0.0223 e. The van der Waals surface area contributed by atoms with Crippen LogP contribution in [0.1, 0.15) is 56.6 Å². The van der Waals surface area contributed by atoms with Crippen molar-refractivity contribution in [3.05, 3.63) is 169 Å². The van der Waals surface area contributed by atoms with Gasteiger partial charge in [-0.05, 0) is 79.7 Å². The van der Waals surface area contributed by atoms with Crippen LogP contribution in [0.4, 0.5) is 0 Å². The molecule has 0 saturated carbocycles. The summed E-state index contributed by atoms with van der Waals surface area (Å²) < 4.78 is 0. The molecule has 0 fully saturated rings. The van der Waals surface area contributed by atoms with Gasteiger partial charge in [-0.15, -0.1) is 0 Å². The van der Waals surface area contributed by atoms with E-state index in [1.807, 2.05) is 12.2 Å². The number of aryl methyl sites for hydroxylation is 1. The normalized spacial score (nSPS) is 24.3. The van der Waals surface area contributed by atoms with E-state index in [-0.39, 0.29) is 5.92 Å². The molecule has 0 N–H and O–H groups in total. The lowest BCUT2D eigenvalue weighted by atomic mass is 9.94. The van der Waals surface area contributed by atoms with Crippen molar-refractivity contribution in [2.45, 2.75) is 51.9 Å². The van der Waals surface area contributed by atoms with E-state index in [1.54, 1.807) is 0 Å². The van der Waals surface area contributed by atoms with Crippen LogP contribution in [0.25, 0.3) is 0 Å². The van der Waals surface area contributed by atoms with Crippen LogP contribution >= 0.6 is 0 Å². The maximum Gasteiger partial charge on any atom is 0.0223 e. The van der Waals surface area contributed by atoms with Gasteiger partial charge in [-0.3, -0.25) is 0 Å². The molecule has 3 atom stereocenters. The quantitative estimate of drug-likeness (QED) is 0.221. The van der Waals surface area contributed by atoms with Gasteiger partial charge < -0.3 is 4.90 Å². The predicted octanol–water partition coefficient (Wildman–Crippen LogP) is 10.5. The largest absolute Gasteiger partial charge is 0.328 e. The Labute approximate surface area is 237 Å². The molecule has 202 valence electrons. The number of hydrogen-bond donors (Lipinski definition) is 0. The molecule has 0 amide bonds. The Hall–Kier alpha value is -3.84. The highest BCUT2D eigenvalue weighted by Gasteiger charge is 2.09. The van der Waals surface area contributed by atoms with Crippen LogP contribution in [-0.2, 0) is 6.42 Å². The Morgan fingerprint density at radius 3 is 2.59 bits per heavy atom. The number of allylic oxidation sites excluding steroid dienone is 18. The molecule has 0 spiro atoms. The zero-order valence-corrected chi connectivity index (χ0v) is 23.8. The number of benzene rings is 1. The molecule has 0 radical (unpaired) electrons. The molecule has 0 saturated heterocycles. The van der Waals surface area contributed by atoms with Crippen molar-refractivity contribution in [2.24, 2.45) is 11.8 Å². The van der Waals surface area contributed by atoms with Gasteiger partial charge in [0.05, 0.1) is 0 Å². The summed E-state index contributed by atoms with van der Waals surface area (Å²) in [6.07, 6.45) is 44.5. The first-order valence-corrected chi connectivity index (χ1v) is 14.3. The minimum Gasteiger partial charge on any atom is -0.328 e. The van der Waals surface area contributed by atoms with Crippen LogP contribution in [0, 0.1) is 11.8 Å². The lowest BCUT2D eigenvalue weighted by Crippen LogP contribution is -2.11. The molecule has 0 aromatic heterocycles. The summed E-state index contributed by atoms with van der Waals surface area (Å²) in [5.41, 5.74) is 5.13. The second kappa shape index (κ2) is 16.9. The molecular weight excluding hydrogens is 470 g/mol. The maximum absolute atomic E-state index is 4.27. The number of hydrogen-bond acceptors (Lipinski definition) is 1.